The number of halogens is 2. The number of hydrogen-bond donors (Lipinski definition) is 1. The molecule has 0 saturated carbocycles. The van der Waals surface area contributed by atoms with Gasteiger partial charge < -0.3 is 14.7 Å². The number of alkyl halides is 2. The van der Waals surface area contributed by atoms with Gasteiger partial charge in [0, 0.05) is 13.0 Å². The third-order valence-electron chi connectivity index (χ3n) is 5.35. The second-order valence-corrected chi connectivity index (χ2v) is 7.84. The zero-order valence-corrected chi connectivity index (χ0v) is 17.6. The van der Waals surface area contributed by atoms with E-state index in [0.717, 1.165) is 10.5 Å². The Balaban J connectivity index is 1.45. The van der Waals surface area contributed by atoms with E-state index in [4.69, 9.17) is 4.52 Å². The largest absolute Gasteiger partial charge is 0.361 e. The molecule has 2 aromatic heterocycles. The Labute approximate surface area is 182 Å². The van der Waals surface area contributed by atoms with Gasteiger partial charge in [0.1, 0.15) is 11.3 Å². The number of rotatable bonds is 6. The lowest BCUT2D eigenvalue weighted by Crippen LogP contribution is -2.39. The van der Waals surface area contributed by atoms with E-state index in [9.17, 15) is 18.4 Å². The van der Waals surface area contributed by atoms with Crippen LogP contribution in [0.25, 0.3) is 0 Å². The number of hydrogen-bond acceptors (Lipinski definition) is 6. The SMILES string of the molecule is Cc1noc(C)c1C(=O)N1CC(F)(F)C[C@H]1Cn1cc(C(=O)NCc2ccccc2)nn1. The van der Waals surface area contributed by atoms with Crippen LogP contribution in [0.2, 0.25) is 0 Å². The topological polar surface area (TPSA) is 106 Å². The molecule has 0 radical (unpaired) electrons. The molecule has 0 aliphatic carbocycles. The van der Waals surface area contributed by atoms with E-state index in [-0.39, 0.29) is 23.6 Å². The zero-order chi connectivity index (χ0) is 22.9. The molecule has 0 unspecified atom stereocenters. The Morgan fingerprint density at radius 1 is 1.25 bits per heavy atom. The summed E-state index contributed by atoms with van der Waals surface area (Å²) in [6.07, 6.45) is 0.868. The number of likely N-dealkylation sites (tertiary alicyclic amines) is 1. The smallest absolute Gasteiger partial charge is 0.273 e. The minimum absolute atomic E-state index is 0.0241. The molecule has 1 aliphatic rings. The van der Waals surface area contributed by atoms with E-state index in [1.807, 2.05) is 30.3 Å². The van der Waals surface area contributed by atoms with Gasteiger partial charge in [-0.1, -0.05) is 40.7 Å². The highest BCUT2D eigenvalue weighted by molar-refractivity contribution is 5.96. The first-order valence-corrected chi connectivity index (χ1v) is 10.1. The Hall–Kier alpha value is -3.63. The van der Waals surface area contributed by atoms with Gasteiger partial charge in [-0.15, -0.1) is 5.10 Å². The molecule has 1 atom stereocenters. The van der Waals surface area contributed by atoms with E-state index >= 15 is 0 Å². The van der Waals surface area contributed by atoms with Crippen molar-refractivity contribution >= 4 is 11.8 Å². The first-order valence-electron chi connectivity index (χ1n) is 10.1. The fourth-order valence-electron chi connectivity index (χ4n) is 3.81. The van der Waals surface area contributed by atoms with E-state index < -0.39 is 36.7 Å². The summed E-state index contributed by atoms with van der Waals surface area (Å²) in [7, 11) is 0. The minimum Gasteiger partial charge on any atom is -0.361 e. The van der Waals surface area contributed by atoms with Crippen molar-refractivity contribution in [2.24, 2.45) is 0 Å². The Kier molecular flexibility index (Phi) is 5.72. The van der Waals surface area contributed by atoms with Gasteiger partial charge in [0.25, 0.3) is 17.7 Å². The number of benzene rings is 1. The van der Waals surface area contributed by atoms with Crippen molar-refractivity contribution < 1.29 is 22.9 Å². The highest BCUT2D eigenvalue weighted by Gasteiger charge is 2.48. The maximum atomic E-state index is 14.2. The van der Waals surface area contributed by atoms with Gasteiger partial charge in [-0.3, -0.25) is 9.59 Å². The Morgan fingerprint density at radius 3 is 2.69 bits per heavy atom. The van der Waals surface area contributed by atoms with Gasteiger partial charge >= 0.3 is 0 Å². The minimum atomic E-state index is -3.03. The van der Waals surface area contributed by atoms with Crippen molar-refractivity contribution in [1.29, 1.82) is 0 Å². The average molecular weight is 444 g/mol. The standard InChI is InChI=1S/C21H22F2N6O3/c1-13-18(14(2)32-26-13)20(31)29-12-21(22,23)8-16(29)10-28-11-17(25-27-28)19(30)24-9-15-6-4-3-5-7-15/h3-7,11,16H,8-10,12H2,1-2H3,(H,24,30)/t16-/m0/s1. The van der Waals surface area contributed by atoms with Crippen LogP contribution in [0.1, 0.15) is 44.3 Å². The first-order chi connectivity index (χ1) is 15.2. The van der Waals surface area contributed by atoms with Crippen LogP contribution < -0.4 is 5.32 Å². The predicted octanol–water partition coefficient (Wildman–Crippen LogP) is 2.36. The van der Waals surface area contributed by atoms with Gasteiger partial charge in [0.05, 0.1) is 31.0 Å². The van der Waals surface area contributed by atoms with Crippen LogP contribution in [0.15, 0.2) is 41.1 Å². The zero-order valence-electron chi connectivity index (χ0n) is 17.6. The van der Waals surface area contributed by atoms with Crippen LogP contribution in [0.4, 0.5) is 8.78 Å². The van der Waals surface area contributed by atoms with Gasteiger partial charge in [-0.2, -0.15) is 0 Å². The number of nitrogens with zero attached hydrogens (tertiary/aromatic N) is 5. The molecular weight excluding hydrogens is 422 g/mol. The molecule has 11 heteroatoms. The molecular formula is C21H22F2N6O3. The summed E-state index contributed by atoms with van der Waals surface area (Å²) in [4.78, 5) is 26.4. The molecule has 1 fully saturated rings. The van der Waals surface area contributed by atoms with Crippen LogP contribution >= 0.6 is 0 Å². The summed E-state index contributed by atoms with van der Waals surface area (Å²) in [5.41, 5.74) is 1.52. The van der Waals surface area contributed by atoms with Crippen molar-refractivity contribution in [1.82, 2.24) is 30.4 Å². The van der Waals surface area contributed by atoms with Crippen LogP contribution in [-0.2, 0) is 13.1 Å². The van der Waals surface area contributed by atoms with Crippen molar-refractivity contribution in [2.45, 2.75) is 45.3 Å². The number of carbonyl (C=O) groups excluding carboxylic acids is 2. The number of carbonyl (C=O) groups is 2. The van der Waals surface area contributed by atoms with E-state index in [0.29, 0.717) is 12.2 Å². The fraction of sp³-hybridized carbons (Fsp3) is 0.381. The highest BCUT2D eigenvalue weighted by atomic mass is 19.3. The average Bonchev–Trinajstić information content (AvgIpc) is 3.44. The molecule has 0 spiro atoms. The number of aryl methyl sites for hydroxylation is 2. The molecule has 9 nitrogen and oxygen atoms in total. The first kappa shape index (κ1) is 21.6. The summed E-state index contributed by atoms with van der Waals surface area (Å²) >= 11 is 0. The summed E-state index contributed by atoms with van der Waals surface area (Å²) in [6.45, 7) is 2.74. The molecule has 1 N–H and O–H groups in total. The molecule has 3 heterocycles. The molecule has 1 saturated heterocycles. The van der Waals surface area contributed by atoms with E-state index in [2.05, 4.69) is 20.8 Å². The maximum Gasteiger partial charge on any atom is 0.273 e. The lowest BCUT2D eigenvalue weighted by molar-refractivity contribution is 0.0117. The molecule has 2 amide bonds. The van der Waals surface area contributed by atoms with Crippen LogP contribution in [0.3, 0.4) is 0 Å². The molecule has 4 rings (SSSR count). The van der Waals surface area contributed by atoms with E-state index in [1.54, 1.807) is 13.8 Å². The summed E-state index contributed by atoms with van der Waals surface area (Å²) in [5, 5.41) is 14.2. The van der Waals surface area contributed by atoms with Crippen LogP contribution in [0.5, 0.6) is 0 Å². The van der Waals surface area contributed by atoms with Crippen molar-refractivity contribution in [3.8, 4) is 0 Å². The summed E-state index contributed by atoms with van der Waals surface area (Å²) < 4.78 is 34.7. The summed E-state index contributed by atoms with van der Waals surface area (Å²) in [6, 6.07) is 8.54. The van der Waals surface area contributed by atoms with Gasteiger partial charge in [-0.05, 0) is 19.4 Å². The normalized spacial score (nSPS) is 17.5. The molecule has 0 bridgehead atoms. The monoisotopic (exact) mass is 444 g/mol. The Bertz CT molecular complexity index is 1110. The molecule has 1 aliphatic heterocycles. The molecule has 32 heavy (non-hydrogen) atoms. The third kappa shape index (κ3) is 4.51. The van der Waals surface area contributed by atoms with Gasteiger partial charge in [-0.25, -0.2) is 13.5 Å². The number of aromatic nitrogens is 4. The van der Waals surface area contributed by atoms with Crippen LogP contribution in [-0.4, -0.2) is 55.4 Å². The maximum absolute atomic E-state index is 14.2. The van der Waals surface area contributed by atoms with Crippen molar-refractivity contribution in [3.05, 3.63) is 64.8 Å². The molecule has 3 aromatic rings. The van der Waals surface area contributed by atoms with Gasteiger partial charge in [0.2, 0.25) is 0 Å². The van der Waals surface area contributed by atoms with Gasteiger partial charge in [0.15, 0.2) is 5.69 Å². The third-order valence-corrected chi connectivity index (χ3v) is 5.35. The summed E-state index contributed by atoms with van der Waals surface area (Å²) in [5.74, 6) is -3.75. The fourth-order valence-corrected chi connectivity index (χ4v) is 3.81. The van der Waals surface area contributed by atoms with Crippen LogP contribution in [0, 0.1) is 13.8 Å². The Morgan fingerprint density at radius 2 is 2.00 bits per heavy atom. The molecule has 168 valence electrons. The second kappa shape index (κ2) is 8.48. The van der Waals surface area contributed by atoms with Crippen molar-refractivity contribution in [2.75, 3.05) is 6.54 Å². The quantitative estimate of drug-likeness (QED) is 0.626. The van der Waals surface area contributed by atoms with E-state index in [1.165, 1.54) is 10.9 Å². The second-order valence-electron chi connectivity index (χ2n) is 7.84. The predicted molar refractivity (Wildman–Crippen MR) is 108 cm³/mol. The molecule has 1 aromatic carbocycles. The number of amides is 2. The van der Waals surface area contributed by atoms with Crippen molar-refractivity contribution in [3.63, 3.8) is 0 Å². The number of nitrogens with one attached hydrogen (secondary N) is 1. The lowest BCUT2D eigenvalue weighted by atomic mass is 10.1. The lowest BCUT2D eigenvalue weighted by Gasteiger charge is -2.23. The highest BCUT2D eigenvalue weighted by Crippen LogP contribution is 2.34.